The van der Waals surface area contributed by atoms with Crippen molar-refractivity contribution >= 4 is 41.5 Å². The third kappa shape index (κ3) is 4.18. The normalized spacial score (nSPS) is 13.4. The van der Waals surface area contributed by atoms with Crippen LogP contribution in [0, 0.1) is 0 Å². The van der Waals surface area contributed by atoms with Gasteiger partial charge in [-0.05, 0) is 18.1 Å². The monoisotopic (exact) mass is 460 g/mol. The number of nitrogens with one attached hydrogen (secondary N) is 1. The molecule has 130 valence electrons. The van der Waals surface area contributed by atoms with Gasteiger partial charge in [-0.2, -0.15) is 0 Å². The molecule has 3 rings (SSSR count). The standard InChI is InChI=1S/C16H21ClN6.HI/c1-18-16(22(2)11-12-6-3-4-7-13(12)17)19-10-15-21-20-14-8-5-9-23(14)15;/h3-4,6-7H,5,8-11H2,1-2H3,(H,18,19);1H. The zero-order valence-electron chi connectivity index (χ0n) is 13.9. The molecule has 0 saturated carbocycles. The van der Waals surface area contributed by atoms with E-state index in [1.54, 1.807) is 7.05 Å². The zero-order valence-corrected chi connectivity index (χ0v) is 17.0. The molecule has 0 unspecified atom stereocenters. The van der Waals surface area contributed by atoms with E-state index in [0.29, 0.717) is 13.1 Å². The molecule has 1 aliphatic heterocycles. The lowest BCUT2D eigenvalue weighted by Crippen LogP contribution is -2.38. The van der Waals surface area contributed by atoms with Gasteiger partial charge in [0.05, 0.1) is 6.54 Å². The van der Waals surface area contributed by atoms with Crippen LogP contribution in [0.25, 0.3) is 0 Å². The molecule has 1 aromatic heterocycles. The van der Waals surface area contributed by atoms with Crippen LogP contribution in [0.15, 0.2) is 29.3 Å². The predicted octanol–water partition coefficient (Wildman–Crippen LogP) is 2.70. The maximum Gasteiger partial charge on any atom is 0.194 e. The summed E-state index contributed by atoms with van der Waals surface area (Å²) in [6.45, 7) is 2.32. The Kier molecular flexibility index (Phi) is 6.85. The van der Waals surface area contributed by atoms with Gasteiger partial charge in [0.2, 0.25) is 0 Å². The molecular formula is C16H22ClIN6. The van der Waals surface area contributed by atoms with E-state index in [1.807, 2.05) is 36.2 Å². The Hall–Kier alpha value is -1.35. The second-order valence-electron chi connectivity index (χ2n) is 5.64. The number of rotatable bonds is 4. The van der Waals surface area contributed by atoms with E-state index in [1.165, 1.54) is 0 Å². The van der Waals surface area contributed by atoms with Gasteiger partial charge in [0.25, 0.3) is 0 Å². The van der Waals surface area contributed by atoms with Crippen molar-refractivity contribution in [3.8, 4) is 0 Å². The Labute approximate surface area is 164 Å². The highest BCUT2D eigenvalue weighted by Crippen LogP contribution is 2.17. The number of aryl methyl sites for hydroxylation is 1. The van der Waals surface area contributed by atoms with Crippen molar-refractivity contribution in [1.29, 1.82) is 0 Å². The maximum atomic E-state index is 6.23. The maximum absolute atomic E-state index is 6.23. The molecule has 0 spiro atoms. The van der Waals surface area contributed by atoms with Crippen molar-refractivity contribution in [2.75, 3.05) is 14.1 Å². The summed E-state index contributed by atoms with van der Waals surface area (Å²) >= 11 is 6.23. The molecule has 2 heterocycles. The number of guanidine groups is 1. The van der Waals surface area contributed by atoms with Gasteiger partial charge in [0.15, 0.2) is 11.8 Å². The molecular weight excluding hydrogens is 439 g/mol. The SMILES string of the molecule is CN=C(NCc1nnc2n1CCC2)N(C)Cc1ccccc1Cl.I. The molecule has 6 nitrogen and oxygen atoms in total. The Morgan fingerprint density at radius 3 is 2.92 bits per heavy atom. The first-order valence-electron chi connectivity index (χ1n) is 7.75. The third-order valence-electron chi connectivity index (χ3n) is 4.03. The van der Waals surface area contributed by atoms with Crippen LogP contribution in [0.3, 0.4) is 0 Å². The first-order valence-corrected chi connectivity index (χ1v) is 8.13. The summed E-state index contributed by atoms with van der Waals surface area (Å²) in [5, 5.41) is 12.6. The number of aromatic nitrogens is 3. The van der Waals surface area contributed by atoms with E-state index >= 15 is 0 Å². The van der Waals surface area contributed by atoms with Gasteiger partial charge in [-0.3, -0.25) is 4.99 Å². The van der Waals surface area contributed by atoms with Gasteiger partial charge in [-0.25, -0.2) is 0 Å². The first kappa shape index (κ1) is 19.0. The molecule has 0 aliphatic carbocycles. The lowest BCUT2D eigenvalue weighted by atomic mass is 10.2. The number of fused-ring (bicyclic) bond motifs is 1. The van der Waals surface area contributed by atoms with Crippen LogP contribution in [-0.4, -0.2) is 39.7 Å². The Morgan fingerprint density at radius 1 is 1.38 bits per heavy atom. The minimum atomic E-state index is 0. The minimum Gasteiger partial charge on any atom is -0.349 e. The summed E-state index contributed by atoms with van der Waals surface area (Å²) in [5.41, 5.74) is 1.07. The van der Waals surface area contributed by atoms with Gasteiger partial charge in [0, 0.05) is 38.6 Å². The summed E-state index contributed by atoms with van der Waals surface area (Å²) in [5.74, 6) is 2.85. The molecule has 0 fully saturated rings. The lowest BCUT2D eigenvalue weighted by Gasteiger charge is -2.22. The molecule has 0 bridgehead atoms. The molecule has 0 atom stereocenters. The number of hydrogen-bond donors (Lipinski definition) is 1. The van der Waals surface area contributed by atoms with Crippen LogP contribution in [-0.2, 0) is 26.1 Å². The summed E-state index contributed by atoms with van der Waals surface area (Å²) in [4.78, 5) is 6.38. The van der Waals surface area contributed by atoms with Gasteiger partial charge < -0.3 is 14.8 Å². The number of aliphatic imine (C=N–C) groups is 1. The molecule has 0 saturated heterocycles. The summed E-state index contributed by atoms with van der Waals surface area (Å²) in [6, 6.07) is 7.85. The largest absolute Gasteiger partial charge is 0.349 e. The number of halogens is 2. The average molecular weight is 461 g/mol. The highest BCUT2D eigenvalue weighted by atomic mass is 127. The molecule has 0 amide bonds. The molecule has 24 heavy (non-hydrogen) atoms. The van der Waals surface area contributed by atoms with Crippen LogP contribution < -0.4 is 5.32 Å². The first-order chi connectivity index (χ1) is 11.2. The third-order valence-corrected chi connectivity index (χ3v) is 4.40. The fraction of sp³-hybridized carbons (Fsp3) is 0.438. The molecule has 2 aromatic rings. The van der Waals surface area contributed by atoms with E-state index in [0.717, 1.165) is 47.6 Å². The molecule has 1 aliphatic rings. The van der Waals surface area contributed by atoms with E-state index in [2.05, 4.69) is 25.1 Å². The highest BCUT2D eigenvalue weighted by Gasteiger charge is 2.17. The van der Waals surface area contributed by atoms with Crippen LogP contribution in [0.4, 0.5) is 0 Å². The molecule has 1 N–H and O–H groups in total. The van der Waals surface area contributed by atoms with Crippen molar-refractivity contribution in [2.24, 2.45) is 4.99 Å². The van der Waals surface area contributed by atoms with Crippen LogP contribution in [0.5, 0.6) is 0 Å². The van der Waals surface area contributed by atoms with Crippen molar-refractivity contribution in [1.82, 2.24) is 25.0 Å². The fourth-order valence-electron chi connectivity index (χ4n) is 2.84. The van der Waals surface area contributed by atoms with Gasteiger partial charge in [-0.15, -0.1) is 34.2 Å². The lowest BCUT2D eigenvalue weighted by molar-refractivity contribution is 0.474. The summed E-state index contributed by atoms with van der Waals surface area (Å²) in [7, 11) is 3.77. The number of benzene rings is 1. The van der Waals surface area contributed by atoms with E-state index in [-0.39, 0.29) is 24.0 Å². The average Bonchev–Trinajstić information content (AvgIpc) is 3.14. The molecule has 1 aromatic carbocycles. The van der Waals surface area contributed by atoms with Crippen molar-refractivity contribution < 1.29 is 0 Å². The van der Waals surface area contributed by atoms with Crippen molar-refractivity contribution in [2.45, 2.75) is 32.5 Å². The van der Waals surface area contributed by atoms with Crippen LogP contribution >= 0.6 is 35.6 Å². The fourth-order valence-corrected chi connectivity index (χ4v) is 3.04. The summed E-state index contributed by atoms with van der Waals surface area (Å²) < 4.78 is 2.19. The Balaban J connectivity index is 0.00000208. The van der Waals surface area contributed by atoms with E-state index in [4.69, 9.17) is 11.6 Å². The second kappa shape index (κ2) is 8.66. The van der Waals surface area contributed by atoms with Gasteiger partial charge >= 0.3 is 0 Å². The smallest absolute Gasteiger partial charge is 0.194 e. The van der Waals surface area contributed by atoms with E-state index in [9.17, 15) is 0 Å². The molecule has 0 radical (unpaired) electrons. The van der Waals surface area contributed by atoms with Crippen molar-refractivity contribution in [3.63, 3.8) is 0 Å². The number of nitrogens with zero attached hydrogens (tertiary/aromatic N) is 5. The number of hydrogen-bond acceptors (Lipinski definition) is 3. The van der Waals surface area contributed by atoms with Crippen LogP contribution in [0.1, 0.15) is 23.6 Å². The van der Waals surface area contributed by atoms with Crippen LogP contribution in [0.2, 0.25) is 5.02 Å². The zero-order chi connectivity index (χ0) is 16.2. The highest BCUT2D eigenvalue weighted by molar-refractivity contribution is 14.0. The van der Waals surface area contributed by atoms with Gasteiger partial charge in [-0.1, -0.05) is 29.8 Å². The predicted molar refractivity (Wildman–Crippen MR) is 107 cm³/mol. The molecule has 8 heteroatoms. The van der Waals surface area contributed by atoms with Gasteiger partial charge in [0.1, 0.15) is 5.82 Å². The topological polar surface area (TPSA) is 58.3 Å². The second-order valence-corrected chi connectivity index (χ2v) is 6.04. The quantitative estimate of drug-likeness (QED) is 0.433. The van der Waals surface area contributed by atoms with Crippen molar-refractivity contribution in [3.05, 3.63) is 46.5 Å². The summed E-state index contributed by atoms with van der Waals surface area (Å²) in [6.07, 6.45) is 2.17. The van der Waals surface area contributed by atoms with E-state index < -0.39 is 0 Å². The Bertz CT molecular complexity index is 714. The Morgan fingerprint density at radius 2 is 2.17 bits per heavy atom. The minimum absolute atomic E-state index is 0.